The molecule has 0 bridgehead atoms. The number of rotatable bonds is 6. The van der Waals surface area contributed by atoms with Crippen LogP contribution in [0.3, 0.4) is 0 Å². The normalized spacial score (nSPS) is 14.9. The van der Waals surface area contributed by atoms with E-state index in [2.05, 4.69) is 10.6 Å². The number of primary amides is 1. The van der Waals surface area contributed by atoms with Crippen LogP contribution < -0.4 is 16.4 Å². The Bertz CT molecular complexity index is 450. The Morgan fingerprint density at radius 2 is 1.80 bits per heavy atom. The fraction of sp³-hybridized carbons (Fsp3) is 0.429. The lowest BCUT2D eigenvalue weighted by Gasteiger charge is -2.23. The highest BCUT2D eigenvalue weighted by atomic mass is 16.3. The van der Waals surface area contributed by atoms with E-state index in [4.69, 9.17) is 10.8 Å². The Hall–Kier alpha value is -2.08. The van der Waals surface area contributed by atoms with Gasteiger partial charge in [-0.05, 0) is 18.4 Å². The molecule has 0 heterocycles. The fourth-order valence-electron chi connectivity index (χ4n) is 1.70. The number of hydrogen-bond acceptors (Lipinski definition) is 3. The molecule has 0 saturated heterocycles. The summed E-state index contributed by atoms with van der Waals surface area (Å²) >= 11 is 0. The van der Waals surface area contributed by atoms with E-state index in [1.165, 1.54) is 0 Å². The molecule has 6 nitrogen and oxygen atoms in total. The summed E-state index contributed by atoms with van der Waals surface area (Å²) in [6.45, 7) is 3.59. The van der Waals surface area contributed by atoms with Crippen LogP contribution in [0.15, 0.2) is 30.3 Å². The van der Waals surface area contributed by atoms with E-state index in [0.717, 1.165) is 0 Å². The van der Waals surface area contributed by atoms with Crippen molar-refractivity contribution < 1.29 is 14.7 Å². The van der Waals surface area contributed by atoms with Crippen LogP contribution in [0.5, 0.6) is 0 Å². The van der Waals surface area contributed by atoms with Crippen molar-refractivity contribution in [2.24, 2.45) is 11.7 Å². The summed E-state index contributed by atoms with van der Waals surface area (Å²) < 4.78 is 0. The number of benzene rings is 1. The third-order valence-corrected chi connectivity index (χ3v) is 3.19. The molecule has 3 unspecified atom stereocenters. The van der Waals surface area contributed by atoms with Gasteiger partial charge in [0.1, 0.15) is 6.04 Å². The molecular weight excluding hydrogens is 258 g/mol. The molecule has 0 aliphatic rings. The monoisotopic (exact) mass is 279 g/mol. The molecule has 3 atom stereocenters. The van der Waals surface area contributed by atoms with E-state index >= 15 is 0 Å². The summed E-state index contributed by atoms with van der Waals surface area (Å²) in [5.41, 5.74) is 5.76. The second-order valence-electron chi connectivity index (χ2n) is 4.81. The van der Waals surface area contributed by atoms with Crippen molar-refractivity contribution in [1.29, 1.82) is 0 Å². The van der Waals surface area contributed by atoms with E-state index < -0.39 is 12.1 Å². The van der Waals surface area contributed by atoms with Crippen molar-refractivity contribution in [3.05, 3.63) is 35.9 Å². The van der Waals surface area contributed by atoms with Crippen LogP contribution in [0, 0.1) is 5.92 Å². The second kappa shape index (κ2) is 7.49. The number of aliphatic hydroxyl groups is 1. The van der Waals surface area contributed by atoms with Crippen LogP contribution in [0.1, 0.15) is 25.5 Å². The lowest BCUT2D eigenvalue weighted by Crippen LogP contribution is -2.47. The van der Waals surface area contributed by atoms with Gasteiger partial charge < -0.3 is 21.5 Å². The third-order valence-electron chi connectivity index (χ3n) is 3.19. The van der Waals surface area contributed by atoms with Gasteiger partial charge in [0.25, 0.3) is 0 Å². The molecule has 6 heteroatoms. The van der Waals surface area contributed by atoms with Gasteiger partial charge >= 0.3 is 6.03 Å². The average Bonchev–Trinajstić information content (AvgIpc) is 2.44. The summed E-state index contributed by atoms with van der Waals surface area (Å²) in [4.78, 5) is 23.3. The zero-order valence-corrected chi connectivity index (χ0v) is 11.7. The van der Waals surface area contributed by atoms with Crippen LogP contribution in [0.4, 0.5) is 4.79 Å². The number of carbonyl (C=O) groups is 2. The van der Waals surface area contributed by atoms with E-state index in [-0.39, 0.29) is 24.5 Å². The van der Waals surface area contributed by atoms with Crippen LogP contribution in [0.2, 0.25) is 0 Å². The van der Waals surface area contributed by atoms with Gasteiger partial charge in [-0.1, -0.05) is 37.3 Å². The minimum Gasteiger partial charge on any atom is -0.396 e. The summed E-state index contributed by atoms with van der Waals surface area (Å²) in [6, 6.07) is 7.02. The maximum atomic E-state index is 12.2. The second-order valence-corrected chi connectivity index (χ2v) is 4.81. The van der Waals surface area contributed by atoms with Gasteiger partial charge in [0.2, 0.25) is 5.91 Å². The van der Waals surface area contributed by atoms with Crippen LogP contribution in [-0.4, -0.2) is 29.7 Å². The lowest BCUT2D eigenvalue weighted by atomic mass is 10.0. The first-order chi connectivity index (χ1) is 9.45. The summed E-state index contributed by atoms with van der Waals surface area (Å²) in [7, 11) is 0. The Kier molecular flexibility index (Phi) is 5.99. The Morgan fingerprint density at radius 1 is 1.20 bits per heavy atom. The molecule has 0 radical (unpaired) electrons. The molecule has 0 aromatic heterocycles. The van der Waals surface area contributed by atoms with E-state index in [1.54, 1.807) is 31.2 Å². The first kappa shape index (κ1) is 16.0. The van der Waals surface area contributed by atoms with Crippen molar-refractivity contribution in [2.45, 2.75) is 25.9 Å². The van der Waals surface area contributed by atoms with Gasteiger partial charge in [0.05, 0.1) is 0 Å². The highest BCUT2D eigenvalue weighted by Gasteiger charge is 2.24. The molecule has 1 aromatic carbocycles. The number of nitrogens with two attached hydrogens (primary N) is 1. The average molecular weight is 279 g/mol. The molecule has 1 rings (SSSR count). The maximum Gasteiger partial charge on any atom is 0.313 e. The van der Waals surface area contributed by atoms with Crippen LogP contribution in [-0.2, 0) is 4.79 Å². The van der Waals surface area contributed by atoms with Gasteiger partial charge in [0.15, 0.2) is 0 Å². The molecule has 0 spiro atoms. The van der Waals surface area contributed by atoms with E-state index in [0.29, 0.717) is 5.56 Å². The number of nitrogens with one attached hydrogen (secondary N) is 2. The van der Waals surface area contributed by atoms with E-state index in [9.17, 15) is 9.59 Å². The third kappa shape index (κ3) is 4.55. The molecule has 20 heavy (non-hydrogen) atoms. The topological polar surface area (TPSA) is 104 Å². The minimum atomic E-state index is -0.845. The smallest absolute Gasteiger partial charge is 0.313 e. The van der Waals surface area contributed by atoms with Gasteiger partial charge in [-0.2, -0.15) is 0 Å². The van der Waals surface area contributed by atoms with Gasteiger partial charge in [-0.15, -0.1) is 0 Å². The summed E-state index contributed by atoms with van der Waals surface area (Å²) in [5, 5.41) is 14.3. The van der Waals surface area contributed by atoms with Crippen molar-refractivity contribution in [3.8, 4) is 0 Å². The van der Waals surface area contributed by atoms with Gasteiger partial charge in [-0.25, -0.2) is 4.79 Å². The van der Waals surface area contributed by atoms with Crippen molar-refractivity contribution >= 4 is 11.9 Å². The number of urea groups is 1. The molecule has 110 valence electrons. The Morgan fingerprint density at radius 3 is 2.30 bits per heavy atom. The van der Waals surface area contributed by atoms with E-state index in [1.807, 2.05) is 13.0 Å². The molecular formula is C14H21N3O3. The van der Waals surface area contributed by atoms with Crippen molar-refractivity contribution in [1.82, 2.24) is 10.6 Å². The molecule has 3 amide bonds. The first-order valence-corrected chi connectivity index (χ1v) is 6.47. The number of carbonyl (C=O) groups excluding carboxylic acids is 2. The Labute approximate surface area is 118 Å². The van der Waals surface area contributed by atoms with Crippen LogP contribution in [0.25, 0.3) is 0 Å². The molecule has 0 saturated carbocycles. The molecule has 1 aromatic rings. The Balaban J connectivity index is 2.83. The fourth-order valence-corrected chi connectivity index (χ4v) is 1.70. The predicted octanol–water partition coefficient (Wildman–Crippen LogP) is 0.529. The first-order valence-electron chi connectivity index (χ1n) is 6.47. The van der Waals surface area contributed by atoms with Crippen molar-refractivity contribution in [3.63, 3.8) is 0 Å². The number of aliphatic hydroxyl groups excluding tert-OH is 1. The lowest BCUT2D eigenvalue weighted by molar-refractivity contribution is -0.124. The SMILES string of the molecule is CC(CO)C(C)NC(=O)C(NC(N)=O)c1ccccc1. The quantitative estimate of drug-likeness (QED) is 0.610. The highest BCUT2D eigenvalue weighted by Crippen LogP contribution is 2.13. The largest absolute Gasteiger partial charge is 0.396 e. The molecule has 5 N–H and O–H groups in total. The number of hydrogen-bond donors (Lipinski definition) is 4. The summed E-state index contributed by atoms with van der Waals surface area (Å²) in [5.74, 6) is -0.438. The standard InChI is InChI=1S/C14H21N3O3/c1-9(8-18)10(2)16-13(19)12(17-14(15)20)11-6-4-3-5-7-11/h3-7,9-10,12,18H,8H2,1-2H3,(H,16,19)(H3,15,17,20). The number of amides is 3. The van der Waals surface area contributed by atoms with Crippen molar-refractivity contribution in [2.75, 3.05) is 6.61 Å². The zero-order valence-electron chi connectivity index (χ0n) is 11.7. The zero-order chi connectivity index (χ0) is 15.1. The molecule has 0 aliphatic heterocycles. The molecule has 0 aliphatic carbocycles. The maximum absolute atomic E-state index is 12.2. The minimum absolute atomic E-state index is 0.0271. The van der Waals surface area contributed by atoms with Gasteiger partial charge in [0, 0.05) is 12.6 Å². The summed E-state index contributed by atoms with van der Waals surface area (Å²) in [6.07, 6.45) is 0. The highest BCUT2D eigenvalue weighted by molar-refractivity contribution is 5.87. The predicted molar refractivity (Wildman–Crippen MR) is 75.8 cm³/mol. The molecule has 0 fully saturated rings. The van der Waals surface area contributed by atoms with Gasteiger partial charge in [-0.3, -0.25) is 4.79 Å². The van der Waals surface area contributed by atoms with Crippen LogP contribution >= 0.6 is 0 Å².